The van der Waals surface area contributed by atoms with Crippen molar-refractivity contribution in [3.63, 3.8) is 0 Å². The van der Waals surface area contributed by atoms with Crippen LogP contribution in [-0.2, 0) is 7.05 Å². The first-order valence-electron chi connectivity index (χ1n) is 7.08. The fraction of sp³-hybridized carbons (Fsp3) is 0.267. The Hall–Kier alpha value is -2.61. The molecule has 1 amide bonds. The van der Waals surface area contributed by atoms with E-state index in [2.05, 4.69) is 20.6 Å². The molecule has 0 aliphatic rings. The Kier molecular flexibility index (Phi) is 3.91. The first kappa shape index (κ1) is 15.3. The van der Waals surface area contributed by atoms with Crippen molar-refractivity contribution in [1.82, 2.24) is 20.0 Å². The Bertz CT molecular complexity index is 944. The predicted octanol–water partition coefficient (Wildman–Crippen LogP) is 2.16. The molecule has 0 spiro atoms. The first-order valence-corrected chi connectivity index (χ1v) is 7.90. The van der Waals surface area contributed by atoms with Crippen molar-refractivity contribution in [2.75, 3.05) is 5.32 Å². The van der Waals surface area contributed by atoms with Crippen molar-refractivity contribution in [2.24, 2.45) is 7.05 Å². The second kappa shape index (κ2) is 5.88. The van der Waals surface area contributed by atoms with E-state index in [1.165, 1.54) is 18.4 Å². The van der Waals surface area contributed by atoms with Gasteiger partial charge in [-0.2, -0.15) is 5.10 Å². The lowest BCUT2D eigenvalue weighted by Crippen LogP contribution is -2.25. The first-order chi connectivity index (χ1) is 11.0. The van der Waals surface area contributed by atoms with Crippen LogP contribution < -0.4 is 10.9 Å². The standard InChI is InChI=1S/C15H15N5O2S/c1-8(2)13-17-18-15(23-13)16-12(21)11-9-6-4-5-7-10(9)14(22)20(3)19-11/h4-8H,1-3H3,(H,16,18,21). The van der Waals surface area contributed by atoms with Crippen LogP contribution in [0, 0.1) is 0 Å². The van der Waals surface area contributed by atoms with Crippen LogP contribution in [-0.4, -0.2) is 25.9 Å². The summed E-state index contributed by atoms with van der Waals surface area (Å²) in [6, 6.07) is 6.91. The molecule has 7 nitrogen and oxygen atoms in total. The highest BCUT2D eigenvalue weighted by molar-refractivity contribution is 7.15. The third-order valence-electron chi connectivity index (χ3n) is 3.33. The van der Waals surface area contributed by atoms with E-state index >= 15 is 0 Å². The van der Waals surface area contributed by atoms with Gasteiger partial charge in [0.15, 0.2) is 5.69 Å². The summed E-state index contributed by atoms with van der Waals surface area (Å²) in [5.74, 6) is -0.169. The largest absolute Gasteiger partial charge is 0.295 e. The van der Waals surface area contributed by atoms with E-state index < -0.39 is 5.91 Å². The molecule has 2 aromatic heterocycles. The minimum Gasteiger partial charge on any atom is -0.295 e. The van der Waals surface area contributed by atoms with Crippen molar-refractivity contribution < 1.29 is 4.79 Å². The highest BCUT2D eigenvalue weighted by Gasteiger charge is 2.17. The summed E-state index contributed by atoms with van der Waals surface area (Å²) in [6.45, 7) is 4.02. The monoisotopic (exact) mass is 329 g/mol. The van der Waals surface area contributed by atoms with Gasteiger partial charge >= 0.3 is 0 Å². The van der Waals surface area contributed by atoms with E-state index in [1.54, 1.807) is 24.3 Å². The molecule has 0 bridgehead atoms. The number of hydrogen-bond donors (Lipinski definition) is 1. The number of carbonyl (C=O) groups is 1. The summed E-state index contributed by atoms with van der Waals surface area (Å²) in [5, 5.41) is 17.0. The quantitative estimate of drug-likeness (QED) is 0.795. The minimum absolute atomic E-state index is 0.184. The molecule has 1 N–H and O–H groups in total. The predicted molar refractivity (Wildman–Crippen MR) is 88.9 cm³/mol. The number of benzene rings is 1. The number of fused-ring (bicyclic) bond motifs is 1. The van der Waals surface area contributed by atoms with Crippen LogP contribution in [0.4, 0.5) is 5.13 Å². The Morgan fingerprint density at radius 2 is 1.91 bits per heavy atom. The second-order valence-corrected chi connectivity index (χ2v) is 6.39. The highest BCUT2D eigenvalue weighted by Crippen LogP contribution is 2.23. The van der Waals surface area contributed by atoms with Gasteiger partial charge in [0.1, 0.15) is 5.01 Å². The molecule has 1 aromatic carbocycles. The smallest absolute Gasteiger partial charge is 0.278 e. The lowest BCUT2D eigenvalue weighted by molar-refractivity contribution is 0.102. The van der Waals surface area contributed by atoms with Gasteiger partial charge in [0, 0.05) is 18.4 Å². The van der Waals surface area contributed by atoms with Crippen molar-refractivity contribution in [1.29, 1.82) is 0 Å². The molecule has 8 heteroatoms. The maximum atomic E-state index is 12.5. The van der Waals surface area contributed by atoms with Gasteiger partial charge in [-0.05, 0) is 6.07 Å². The number of nitrogens with zero attached hydrogens (tertiary/aromatic N) is 4. The summed E-state index contributed by atoms with van der Waals surface area (Å²) in [6.07, 6.45) is 0. The van der Waals surface area contributed by atoms with Crippen LogP contribution in [0.5, 0.6) is 0 Å². The normalized spacial score (nSPS) is 11.1. The Balaban J connectivity index is 2.01. The summed E-state index contributed by atoms with van der Waals surface area (Å²) < 4.78 is 1.16. The van der Waals surface area contributed by atoms with Crippen LogP contribution in [0.25, 0.3) is 10.8 Å². The summed E-state index contributed by atoms with van der Waals surface area (Å²) >= 11 is 1.33. The number of aryl methyl sites for hydroxylation is 1. The van der Waals surface area contributed by atoms with Crippen molar-refractivity contribution in [3.8, 4) is 0 Å². The number of nitrogens with one attached hydrogen (secondary N) is 1. The fourth-order valence-electron chi connectivity index (χ4n) is 2.14. The number of carbonyl (C=O) groups excluding carboxylic acids is 1. The van der Waals surface area contributed by atoms with Gasteiger partial charge < -0.3 is 0 Å². The maximum absolute atomic E-state index is 12.5. The molecule has 0 aliphatic carbocycles. The molecule has 0 fully saturated rings. The molecular weight excluding hydrogens is 314 g/mol. The van der Waals surface area contributed by atoms with Crippen LogP contribution in [0.1, 0.15) is 35.3 Å². The summed E-state index contributed by atoms with van der Waals surface area (Å²) in [4.78, 5) is 24.6. The Labute approximate surface area is 136 Å². The van der Waals surface area contributed by atoms with Gasteiger partial charge in [0.25, 0.3) is 11.5 Å². The van der Waals surface area contributed by atoms with Crippen molar-refractivity contribution in [3.05, 3.63) is 45.3 Å². The number of rotatable bonds is 3. The molecule has 23 heavy (non-hydrogen) atoms. The summed E-state index contributed by atoms with van der Waals surface area (Å²) in [7, 11) is 1.52. The second-order valence-electron chi connectivity index (χ2n) is 5.38. The summed E-state index contributed by atoms with van der Waals surface area (Å²) in [5.41, 5.74) is -0.0563. The molecule has 3 aromatic rings. The molecule has 0 unspecified atom stereocenters. The zero-order valence-corrected chi connectivity index (χ0v) is 13.7. The zero-order valence-electron chi connectivity index (χ0n) is 12.9. The van der Waals surface area contributed by atoms with Gasteiger partial charge in [-0.3, -0.25) is 14.9 Å². The third-order valence-corrected chi connectivity index (χ3v) is 4.47. The number of amides is 1. The van der Waals surface area contributed by atoms with Crippen LogP contribution in [0.3, 0.4) is 0 Å². The molecular formula is C15H15N5O2S. The topological polar surface area (TPSA) is 89.8 Å². The lowest BCUT2D eigenvalue weighted by atomic mass is 10.1. The van der Waals surface area contributed by atoms with E-state index in [0.717, 1.165) is 9.69 Å². The van der Waals surface area contributed by atoms with E-state index in [4.69, 9.17) is 0 Å². The van der Waals surface area contributed by atoms with E-state index in [0.29, 0.717) is 15.9 Å². The molecule has 0 saturated heterocycles. The third kappa shape index (κ3) is 2.85. The van der Waals surface area contributed by atoms with Gasteiger partial charge in [-0.1, -0.05) is 43.4 Å². The van der Waals surface area contributed by atoms with Crippen LogP contribution in [0.2, 0.25) is 0 Å². The molecule has 3 rings (SSSR count). The molecule has 0 aliphatic heterocycles. The molecule has 0 atom stereocenters. The number of hydrogen-bond acceptors (Lipinski definition) is 6. The zero-order chi connectivity index (χ0) is 16.6. The minimum atomic E-state index is -0.414. The number of aromatic nitrogens is 4. The van der Waals surface area contributed by atoms with Gasteiger partial charge in [0.05, 0.1) is 5.39 Å². The fourth-order valence-corrected chi connectivity index (χ4v) is 2.88. The lowest BCUT2D eigenvalue weighted by Gasteiger charge is -2.07. The number of anilines is 1. The van der Waals surface area contributed by atoms with E-state index in [1.807, 2.05) is 13.8 Å². The van der Waals surface area contributed by atoms with Gasteiger partial charge in [-0.25, -0.2) is 4.68 Å². The molecule has 2 heterocycles. The average molecular weight is 329 g/mol. The van der Waals surface area contributed by atoms with Gasteiger partial charge in [0.2, 0.25) is 5.13 Å². The molecule has 0 saturated carbocycles. The SMILES string of the molecule is CC(C)c1nnc(NC(=O)c2nn(C)c(=O)c3ccccc23)s1. The highest BCUT2D eigenvalue weighted by atomic mass is 32.1. The Morgan fingerprint density at radius 3 is 2.57 bits per heavy atom. The van der Waals surface area contributed by atoms with Crippen molar-refractivity contribution in [2.45, 2.75) is 19.8 Å². The average Bonchev–Trinajstić information content (AvgIpc) is 2.99. The Morgan fingerprint density at radius 1 is 1.22 bits per heavy atom. The van der Waals surface area contributed by atoms with Crippen LogP contribution >= 0.6 is 11.3 Å². The molecule has 118 valence electrons. The van der Waals surface area contributed by atoms with Crippen LogP contribution in [0.15, 0.2) is 29.1 Å². The van der Waals surface area contributed by atoms with E-state index in [-0.39, 0.29) is 17.2 Å². The van der Waals surface area contributed by atoms with Crippen molar-refractivity contribution >= 4 is 33.1 Å². The van der Waals surface area contributed by atoms with E-state index in [9.17, 15) is 9.59 Å². The molecule has 0 radical (unpaired) electrons. The van der Waals surface area contributed by atoms with Gasteiger partial charge in [-0.15, -0.1) is 10.2 Å². The maximum Gasteiger partial charge on any atom is 0.278 e.